The maximum Gasteiger partial charge on any atom is 0.0457 e. The van der Waals surface area contributed by atoms with Gasteiger partial charge in [-0.25, -0.2) is 0 Å². The Labute approximate surface area is 126 Å². The van der Waals surface area contributed by atoms with Gasteiger partial charge in [0.25, 0.3) is 0 Å². The summed E-state index contributed by atoms with van der Waals surface area (Å²) in [6.07, 6.45) is 0. The van der Waals surface area contributed by atoms with Crippen LogP contribution in [0.3, 0.4) is 0 Å². The third-order valence-corrected chi connectivity index (χ3v) is 5.56. The minimum atomic E-state index is 1.27. The van der Waals surface area contributed by atoms with Gasteiger partial charge in [0.2, 0.25) is 0 Å². The van der Waals surface area contributed by atoms with E-state index in [4.69, 9.17) is 0 Å². The standard InChI is InChI=1S/C18H12S2/c1-2-4-13(5-3-1)14-6-8-15(9-7-14)17-12-18-16(20-17)10-11-19-18/h1-12H. The lowest BCUT2D eigenvalue weighted by Gasteiger charge is -2.03. The summed E-state index contributed by atoms with van der Waals surface area (Å²) >= 11 is 3.68. The minimum absolute atomic E-state index is 1.27. The molecule has 0 aliphatic rings. The highest BCUT2D eigenvalue weighted by Gasteiger charge is 2.05. The van der Waals surface area contributed by atoms with Gasteiger partial charge >= 0.3 is 0 Å². The van der Waals surface area contributed by atoms with E-state index in [-0.39, 0.29) is 0 Å². The molecule has 0 saturated carbocycles. The second-order valence-electron chi connectivity index (χ2n) is 4.70. The third kappa shape index (κ3) is 2.07. The summed E-state index contributed by atoms with van der Waals surface area (Å²) in [7, 11) is 0. The average Bonchev–Trinajstić information content (AvgIpc) is 3.10. The molecule has 0 amide bonds. The maximum absolute atomic E-state index is 2.29. The van der Waals surface area contributed by atoms with Crippen molar-refractivity contribution in [1.29, 1.82) is 0 Å². The van der Waals surface area contributed by atoms with Crippen molar-refractivity contribution in [3.05, 3.63) is 72.1 Å². The molecule has 4 rings (SSSR count). The molecule has 0 fully saturated rings. The zero-order chi connectivity index (χ0) is 13.4. The van der Waals surface area contributed by atoms with Crippen molar-refractivity contribution in [3.8, 4) is 21.6 Å². The molecule has 0 unspecified atom stereocenters. The highest BCUT2D eigenvalue weighted by atomic mass is 32.1. The van der Waals surface area contributed by atoms with Crippen molar-refractivity contribution in [2.24, 2.45) is 0 Å². The predicted octanol–water partition coefficient (Wildman–Crippen LogP) is 6.30. The molecule has 0 nitrogen and oxygen atoms in total. The summed E-state index contributed by atoms with van der Waals surface area (Å²) in [5, 5.41) is 2.16. The van der Waals surface area contributed by atoms with Crippen LogP contribution in [-0.2, 0) is 0 Å². The van der Waals surface area contributed by atoms with Crippen molar-refractivity contribution >= 4 is 32.1 Å². The summed E-state index contributed by atoms with van der Waals surface area (Å²) < 4.78 is 2.77. The Kier molecular flexibility index (Phi) is 2.91. The first-order valence-corrected chi connectivity index (χ1v) is 8.23. The molecule has 2 heterocycles. The normalized spacial score (nSPS) is 11.0. The number of hydrogen-bond acceptors (Lipinski definition) is 2. The van der Waals surface area contributed by atoms with E-state index in [1.54, 1.807) is 0 Å². The fourth-order valence-corrected chi connectivity index (χ4v) is 4.48. The third-order valence-electron chi connectivity index (χ3n) is 3.42. The number of thiophene rings is 2. The van der Waals surface area contributed by atoms with E-state index in [1.165, 1.54) is 31.0 Å². The van der Waals surface area contributed by atoms with E-state index in [1.807, 2.05) is 22.7 Å². The van der Waals surface area contributed by atoms with Gasteiger partial charge in [-0.15, -0.1) is 22.7 Å². The number of benzene rings is 2. The molecule has 96 valence electrons. The molecule has 0 N–H and O–H groups in total. The first-order valence-electron chi connectivity index (χ1n) is 6.53. The Bertz CT molecular complexity index is 807. The molecule has 20 heavy (non-hydrogen) atoms. The van der Waals surface area contributed by atoms with Gasteiger partial charge < -0.3 is 0 Å². The van der Waals surface area contributed by atoms with Crippen LogP contribution >= 0.6 is 22.7 Å². The van der Waals surface area contributed by atoms with E-state index in [9.17, 15) is 0 Å². The van der Waals surface area contributed by atoms with Crippen molar-refractivity contribution in [2.45, 2.75) is 0 Å². The summed E-state index contributed by atoms with van der Waals surface area (Å²) in [4.78, 5) is 1.35. The Morgan fingerprint density at radius 3 is 2.05 bits per heavy atom. The van der Waals surface area contributed by atoms with E-state index in [2.05, 4.69) is 72.1 Å². The van der Waals surface area contributed by atoms with Crippen LogP contribution in [-0.4, -0.2) is 0 Å². The van der Waals surface area contributed by atoms with Gasteiger partial charge in [-0.2, -0.15) is 0 Å². The number of rotatable bonds is 2. The van der Waals surface area contributed by atoms with Crippen LogP contribution in [0.15, 0.2) is 72.1 Å². The number of hydrogen-bond donors (Lipinski definition) is 0. The lowest BCUT2D eigenvalue weighted by Crippen LogP contribution is -1.77. The van der Waals surface area contributed by atoms with Gasteiger partial charge in [0.05, 0.1) is 0 Å². The quantitative estimate of drug-likeness (QED) is 0.407. The second-order valence-corrected chi connectivity index (χ2v) is 6.73. The molecule has 2 aromatic carbocycles. The Hall–Kier alpha value is -1.90. The van der Waals surface area contributed by atoms with Crippen LogP contribution < -0.4 is 0 Å². The SMILES string of the molecule is c1ccc(-c2ccc(-c3cc4sccc4s3)cc2)cc1. The maximum atomic E-state index is 2.29. The van der Waals surface area contributed by atoms with Crippen LogP contribution in [0.1, 0.15) is 0 Å². The van der Waals surface area contributed by atoms with E-state index in [0.717, 1.165) is 0 Å². The van der Waals surface area contributed by atoms with Gasteiger partial charge in [-0.3, -0.25) is 0 Å². The molecule has 0 bridgehead atoms. The summed E-state index contributed by atoms with van der Waals surface area (Å²) in [5.41, 5.74) is 3.84. The smallest absolute Gasteiger partial charge is 0.0457 e. The monoisotopic (exact) mass is 292 g/mol. The molecule has 0 aliphatic carbocycles. The van der Waals surface area contributed by atoms with E-state index < -0.39 is 0 Å². The highest BCUT2D eigenvalue weighted by molar-refractivity contribution is 7.28. The predicted molar refractivity (Wildman–Crippen MR) is 90.6 cm³/mol. The minimum Gasteiger partial charge on any atom is -0.143 e. The van der Waals surface area contributed by atoms with Crippen LogP contribution in [0, 0.1) is 0 Å². The van der Waals surface area contributed by atoms with Crippen molar-refractivity contribution in [2.75, 3.05) is 0 Å². The molecule has 0 radical (unpaired) electrons. The fourth-order valence-electron chi connectivity index (χ4n) is 2.37. The molecule has 0 saturated heterocycles. The van der Waals surface area contributed by atoms with Crippen LogP contribution in [0.4, 0.5) is 0 Å². The Morgan fingerprint density at radius 2 is 1.30 bits per heavy atom. The molecule has 2 heteroatoms. The molecule has 4 aromatic rings. The molecule has 0 atom stereocenters. The second kappa shape index (κ2) is 4.89. The molecule has 0 spiro atoms. The van der Waals surface area contributed by atoms with Crippen LogP contribution in [0.25, 0.3) is 31.0 Å². The van der Waals surface area contributed by atoms with E-state index >= 15 is 0 Å². The van der Waals surface area contributed by atoms with Crippen LogP contribution in [0.5, 0.6) is 0 Å². The Balaban J connectivity index is 1.72. The summed E-state index contributed by atoms with van der Waals surface area (Å²) in [5.74, 6) is 0. The van der Waals surface area contributed by atoms with Crippen molar-refractivity contribution in [3.63, 3.8) is 0 Å². The lowest BCUT2D eigenvalue weighted by atomic mass is 10.0. The van der Waals surface area contributed by atoms with Crippen molar-refractivity contribution in [1.82, 2.24) is 0 Å². The first-order chi connectivity index (χ1) is 9.90. The molecule has 0 aliphatic heterocycles. The lowest BCUT2D eigenvalue weighted by molar-refractivity contribution is 1.62. The van der Waals surface area contributed by atoms with E-state index in [0.29, 0.717) is 0 Å². The highest BCUT2D eigenvalue weighted by Crippen LogP contribution is 2.36. The zero-order valence-corrected chi connectivity index (χ0v) is 12.4. The topological polar surface area (TPSA) is 0 Å². The summed E-state index contributed by atoms with van der Waals surface area (Å²) in [6, 6.07) is 23.9. The molecular weight excluding hydrogens is 280 g/mol. The van der Waals surface area contributed by atoms with Gasteiger partial charge in [0.15, 0.2) is 0 Å². The number of fused-ring (bicyclic) bond motifs is 1. The van der Waals surface area contributed by atoms with Crippen LogP contribution in [0.2, 0.25) is 0 Å². The molecular formula is C18H12S2. The summed E-state index contributed by atoms with van der Waals surface area (Å²) in [6.45, 7) is 0. The van der Waals surface area contributed by atoms with Gasteiger partial charge in [-0.1, -0.05) is 54.6 Å². The van der Waals surface area contributed by atoms with Gasteiger partial charge in [-0.05, 0) is 34.2 Å². The first kappa shape index (κ1) is 11.9. The zero-order valence-electron chi connectivity index (χ0n) is 10.7. The van der Waals surface area contributed by atoms with Crippen molar-refractivity contribution < 1.29 is 0 Å². The molecule has 2 aromatic heterocycles. The largest absolute Gasteiger partial charge is 0.143 e. The van der Waals surface area contributed by atoms with Gasteiger partial charge in [0, 0.05) is 14.3 Å². The van der Waals surface area contributed by atoms with Gasteiger partial charge in [0.1, 0.15) is 0 Å². The fraction of sp³-hybridized carbons (Fsp3) is 0. The average molecular weight is 292 g/mol. The Morgan fingerprint density at radius 1 is 0.600 bits per heavy atom.